The predicted molar refractivity (Wildman–Crippen MR) is 117 cm³/mol. The van der Waals surface area contributed by atoms with Gasteiger partial charge in [-0.25, -0.2) is 0 Å². The molecule has 4 atom stereocenters. The first-order chi connectivity index (χ1) is 14.2. The number of hydrogen-bond donors (Lipinski definition) is 4. The molecule has 6 heteroatoms. The Morgan fingerprint density at radius 1 is 0.552 bits per heavy atom. The van der Waals surface area contributed by atoms with Crippen molar-refractivity contribution >= 4 is 0 Å². The topological polar surface area (TPSA) is 87.4 Å². The van der Waals surface area contributed by atoms with Crippen molar-refractivity contribution in [2.24, 2.45) is 11.8 Å². The summed E-state index contributed by atoms with van der Waals surface area (Å²) in [6.07, 6.45) is 13.9. The summed E-state index contributed by atoms with van der Waals surface area (Å²) in [5, 5.41) is 37.3. The minimum Gasteiger partial charge on any atom is -0.395 e. The van der Waals surface area contributed by atoms with Crippen LogP contribution < -0.4 is 0 Å². The van der Waals surface area contributed by atoms with Gasteiger partial charge in [-0.15, -0.1) is 0 Å². The number of aliphatic hydroxyl groups excluding tert-OH is 4. The van der Waals surface area contributed by atoms with Crippen LogP contribution in [0.2, 0.25) is 0 Å². The highest BCUT2D eigenvalue weighted by molar-refractivity contribution is 4.83. The van der Waals surface area contributed by atoms with Crippen LogP contribution in [0.3, 0.4) is 0 Å². The van der Waals surface area contributed by atoms with Crippen LogP contribution in [0, 0.1) is 11.8 Å². The van der Waals surface area contributed by atoms with E-state index < -0.39 is 0 Å². The third-order valence-electron chi connectivity index (χ3n) is 7.32. The molecule has 0 aromatic carbocycles. The molecule has 0 spiro atoms. The van der Waals surface area contributed by atoms with Crippen LogP contribution in [0.5, 0.6) is 0 Å². The Labute approximate surface area is 177 Å². The summed E-state index contributed by atoms with van der Waals surface area (Å²) in [7, 11) is 0. The van der Waals surface area contributed by atoms with E-state index in [9.17, 15) is 20.4 Å². The molecule has 4 unspecified atom stereocenters. The molecule has 2 aliphatic rings. The minimum absolute atomic E-state index is 0.174. The van der Waals surface area contributed by atoms with Crippen LogP contribution in [0.1, 0.15) is 70.6 Å². The van der Waals surface area contributed by atoms with Crippen LogP contribution in [-0.2, 0) is 0 Å². The quantitative estimate of drug-likeness (QED) is 0.347. The highest BCUT2D eigenvalue weighted by Gasteiger charge is 2.28. The number of aliphatic hydroxyl groups is 4. The summed E-state index contributed by atoms with van der Waals surface area (Å²) in [4.78, 5) is 4.57. The molecule has 0 saturated heterocycles. The third-order valence-corrected chi connectivity index (χ3v) is 7.32. The van der Waals surface area contributed by atoms with Crippen molar-refractivity contribution in [3.63, 3.8) is 0 Å². The molecule has 172 valence electrons. The Kier molecular flexibility index (Phi) is 12.7. The van der Waals surface area contributed by atoms with E-state index in [1.165, 1.54) is 70.6 Å². The van der Waals surface area contributed by atoms with Gasteiger partial charge in [0, 0.05) is 38.3 Å². The highest BCUT2D eigenvalue weighted by atomic mass is 16.3. The van der Waals surface area contributed by atoms with Crippen molar-refractivity contribution in [2.75, 3.05) is 52.6 Å². The van der Waals surface area contributed by atoms with Crippen molar-refractivity contribution in [1.29, 1.82) is 0 Å². The maximum atomic E-state index is 9.32. The Bertz CT molecular complexity index is 364. The summed E-state index contributed by atoms with van der Waals surface area (Å²) in [6, 6.07) is 1.05. The van der Waals surface area contributed by atoms with Gasteiger partial charge in [0.1, 0.15) is 0 Å². The lowest BCUT2D eigenvalue weighted by atomic mass is 9.79. The zero-order valence-corrected chi connectivity index (χ0v) is 18.4. The number of hydrogen-bond acceptors (Lipinski definition) is 6. The summed E-state index contributed by atoms with van der Waals surface area (Å²) in [5.74, 6) is 1.57. The molecule has 4 N–H and O–H groups in total. The van der Waals surface area contributed by atoms with E-state index in [2.05, 4.69) is 9.80 Å². The normalized spacial score (nSPS) is 28.3. The lowest BCUT2D eigenvalue weighted by Crippen LogP contribution is -2.42. The summed E-state index contributed by atoms with van der Waals surface area (Å²) < 4.78 is 0. The van der Waals surface area contributed by atoms with Crippen molar-refractivity contribution < 1.29 is 20.4 Å². The van der Waals surface area contributed by atoms with E-state index >= 15 is 0 Å². The maximum Gasteiger partial charge on any atom is 0.0558 e. The first-order valence-electron chi connectivity index (χ1n) is 12.1. The van der Waals surface area contributed by atoms with Gasteiger partial charge < -0.3 is 20.4 Å². The Morgan fingerprint density at radius 3 is 1.28 bits per heavy atom. The molecule has 2 fully saturated rings. The monoisotopic (exact) mass is 414 g/mol. The third kappa shape index (κ3) is 8.80. The number of nitrogens with zero attached hydrogens (tertiary/aromatic N) is 2. The molecular formula is C23H46N2O4. The van der Waals surface area contributed by atoms with Crippen molar-refractivity contribution in [3.05, 3.63) is 0 Å². The zero-order chi connectivity index (χ0) is 20.9. The number of rotatable bonds is 14. The van der Waals surface area contributed by atoms with Gasteiger partial charge in [-0.2, -0.15) is 0 Å². The molecule has 0 aliphatic heterocycles. The molecule has 0 aromatic rings. The Hall–Kier alpha value is -0.240. The molecule has 0 amide bonds. The predicted octanol–water partition coefficient (Wildman–Crippen LogP) is 1.85. The zero-order valence-electron chi connectivity index (χ0n) is 18.4. The minimum atomic E-state index is 0.174. The van der Waals surface area contributed by atoms with Gasteiger partial charge in [0.15, 0.2) is 0 Å². The van der Waals surface area contributed by atoms with Crippen LogP contribution in [0.4, 0.5) is 0 Å². The standard InChI is InChI=1S/C23H46N2O4/c26-14-10-24(11-15-27)22-8-2-6-20(18-22)4-1-5-21-7-3-9-23(19-21)25(12-16-28)13-17-29/h20-23,26-29H,1-19H2. The van der Waals surface area contributed by atoms with E-state index in [1.807, 2.05) is 0 Å². The van der Waals surface area contributed by atoms with Gasteiger partial charge in [-0.3, -0.25) is 9.80 Å². The van der Waals surface area contributed by atoms with E-state index in [0.717, 1.165) is 11.8 Å². The largest absolute Gasteiger partial charge is 0.395 e. The van der Waals surface area contributed by atoms with Gasteiger partial charge in [-0.1, -0.05) is 44.9 Å². The van der Waals surface area contributed by atoms with Crippen molar-refractivity contribution in [1.82, 2.24) is 9.80 Å². The molecule has 0 heterocycles. The van der Waals surface area contributed by atoms with E-state index in [0.29, 0.717) is 38.3 Å². The fourth-order valence-corrected chi connectivity index (χ4v) is 5.88. The second kappa shape index (κ2) is 14.7. The summed E-state index contributed by atoms with van der Waals surface area (Å²) >= 11 is 0. The van der Waals surface area contributed by atoms with Gasteiger partial charge >= 0.3 is 0 Å². The fourth-order valence-electron chi connectivity index (χ4n) is 5.88. The second-order valence-electron chi connectivity index (χ2n) is 9.27. The average Bonchev–Trinajstić information content (AvgIpc) is 2.74. The van der Waals surface area contributed by atoms with E-state index in [4.69, 9.17) is 0 Å². The van der Waals surface area contributed by atoms with Crippen LogP contribution in [0.15, 0.2) is 0 Å². The highest BCUT2D eigenvalue weighted by Crippen LogP contribution is 2.34. The van der Waals surface area contributed by atoms with Gasteiger partial charge in [0.2, 0.25) is 0 Å². The Morgan fingerprint density at radius 2 is 0.931 bits per heavy atom. The Balaban J connectivity index is 1.72. The van der Waals surface area contributed by atoms with Crippen LogP contribution >= 0.6 is 0 Å². The molecule has 2 saturated carbocycles. The first-order valence-corrected chi connectivity index (χ1v) is 12.1. The molecule has 6 nitrogen and oxygen atoms in total. The molecular weight excluding hydrogens is 368 g/mol. The average molecular weight is 415 g/mol. The SMILES string of the molecule is OCCN(CCO)C1CCCC(CCCC2CCCC(N(CCO)CCO)C2)C1. The molecule has 0 radical (unpaired) electrons. The first kappa shape index (κ1) is 25.0. The molecule has 0 bridgehead atoms. The van der Waals surface area contributed by atoms with Crippen molar-refractivity contribution in [3.8, 4) is 0 Å². The molecule has 29 heavy (non-hydrogen) atoms. The van der Waals surface area contributed by atoms with Crippen LogP contribution in [0.25, 0.3) is 0 Å². The summed E-state index contributed by atoms with van der Waals surface area (Å²) in [5.41, 5.74) is 0. The fraction of sp³-hybridized carbons (Fsp3) is 1.00. The van der Waals surface area contributed by atoms with E-state index in [1.54, 1.807) is 0 Å². The van der Waals surface area contributed by atoms with Crippen molar-refractivity contribution in [2.45, 2.75) is 82.7 Å². The molecule has 0 aromatic heterocycles. The van der Waals surface area contributed by atoms with E-state index in [-0.39, 0.29) is 26.4 Å². The van der Waals surface area contributed by atoms with Crippen LogP contribution in [-0.4, -0.2) is 94.9 Å². The lowest BCUT2D eigenvalue weighted by molar-refractivity contribution is 0.0793. The van der Waals surface area contributed by atoms with Gasteiger partial charge in [0.25, 0.3) is 0 Å². The van der Waals surface area contributed by atoms with Gasteiger partial charge in [0.05, 0.1) is 26.4 Å². The second-order valence-corrected chi connectivity index (χ2v) is 9.27. The molecule has 2 rings (SSSR count). The van der Waals surface area contributed by atoms with Gasteiger partial charge in [-0.05, 0) is 37.5 Å². The smallest absolute Gasteiger partial charge is 0.0558 e. The lowest BCUT2D eigenvalue weighted by Gasteiger charge is -2.38. The maximum absolute atomic E-state index is 9.32. The molecule has 2 aliphatic carbocycles. The summed E-state index contributed by atoms with van der Waals surface area (Å²) in [6.45, 7) is 3.42.